The van der Waals surface area contributed by atoms with Crippen LogP contribution in [0.5, 0.6) is 17.2 Å². The van der Waals surface area contributed by atoms with Gasteiger partial charge in [-0.2, -0.15) is 0 Å². The first kappa shape index (κ1) is 24.2. The first-order valence-electron chi connectivity index (χ1n) is 10.9. The van der Waals surface area contributed by atoms with Gasteiger partial charge in [0.25, 0.3) is 0 Å². The summed E-state index contributed by atoms with van der Waals surface area (Å²) >= 11 is 3.32. The fraction of sp³-hybridized carbons (Fsp3) is 0.148. The van der Waals surface area contributed by atoms with Gasteiger partial charge >= 0.3 is 11.9 Å². The first-order chi connectivity index (χ1) is 16.9. The van der Waals surface area contributed by atoms with Gasteiger partial charge in [-0.15, -0.1) is 0 Å². The van der Waals surface area contributed by atoms with E-state index >= 15 is 0 Å². The van der Waals surface area contributed by atoms with E-state index < -0.39 is 11.9 Å². The summed E-state index contributed by atoms with van der Waals surface area (Å²) in [5, 5.41) is 0.272. The maximum absolute atomic E-state index is 13.1. The molecule has 0 aliphatic heterocycles. The summed E-state index contributed by atoms with van der Waals surface area (Å²) in [5.41, 5.74) is 0.661. The number of ether oxygens (including phenoxy) is 3. The van der Waals surface area contributed by atoms with Gasteiger partial charge in [0.1, 0.15) is 22.8 Å². The van der Waals surface area contributed by atoms with Crippen molar-refractivity contribution in [1.82, 2.24) is 0 Å². The highest BCUT2D eigenvalue weighted by Gasteiger charge is 2.16. The van der Waals surface area contributed by atoms with Crippen molar-refractivity contribution in [1.29, 1.82) is 0 Å². The van der Waals surface area contributed by atoms with E-state index in [1.54, 1.807) is 55.5 Å². The Labute approximate surface area is 209 Å². The molecule has 8 heteroatoms. The van der Waals surface area contributed by atoms with E-state index in [2.05, 4.69) is 15.9 Å². The van der Waals surface area contributed by atoms with Crippen LogP contribution in [0.25, 0.3) is 11.0 Å². The number of fused-ring (bicyclic) bond motifs is 1. The number of esters is 2. The van der Waals surface area contributed by atoms with Gasteiger partial charge in [0, 0.05) is 10.5 Å². The molecule has 178 valence electrons. The van der Waals surface area contributed by atoms with Crippen molar-refractivity contribution in [2.75, 3.05) is 6.61 Å². The van der Waals surface area contributed by atoms with Gasteiger partial charge in [0.15, 0.2) is 0 Å². The van der Waals surface area contributed by atoms with Crippen molar-refractivity contribution in [3.63, 3.8) is 0 Å². The van der Waals surface area contributed by atoms with Crippen LogP contribution < -0.4 is 14.9 Å². The van der Waals surface area contributed by atoms with Crippen molar-refractivity contribution >= 4 is 38.8 Å². The van der Waals surface area contributed by atoms with Gasteiger partial charge < -0.3 is 18.6 Å². The van der Waals surface area contributed by atoms with Gasteiger partial charge in [-0.1, -0.05) is 22.9 Å². The minimum atomic E-state index is -0.530. The fourth-order valence-electron chi connectivity index (χ4n) is 3.26. The average molecular weight is 537 g/mol. The van der Waals surface area contributed by atoms with Crippen molar-refractivity contribution in [3.8, 4) is 17.2 Å². The highest BCUT2D eigenvalue weighted by atomic mass is 79.9. The molecule has 0 unspecified atom stereocenters. The molecule has 0 spiro atoms. The molecule has 35 heavy (non-hydrogen) atoms. The number of halogens is 1. The van der Waals surface area contributed by atoms with Crippen LogP contribution in [0.4, 0.5) is 0 Å². The smallest absolute Gasteiger partial charge is 0.343 e. The molecule has 1 heterocycles. The molecule has 0 radical (unpaired) electrons. The Morgan fingerprint density at radius 1 is 0.886 bits per heavy atom. The van der Waals surface area contributed by atoms with E-state index in [1.165, 1.54) is 18.2 Å². The molecule has 0 saturated carbocycles. The number of carbonyl (C=O) groups is 2. The highest BCUT2D eigenvalue weighted by molar-refractivity contribution is 9.10. The van der Waals surface area contributed by atoms with Gasteiger partial charge in [-0.25, -0.2) is 9.59 Å². The van der Waals surface area contributed by atoms with E-state index in [-0.39, 0.29) is 33.7 Å². The third-order valence-corrected chi connectivity index (χ3v) is 5.55. The van der Waals surface area contributed by atoms with Crippen LogP contribution in [0, 0.1) is 6.92 Å². The van der Waals surface area contributed by atoms with E-state index in [9.17, 15) is 14.4 Å². The molecule has 3 aromatic carbocycles. The number of aryl methyl sites for hydroxylation is 1. The molecule has 0 fully saturated rings. The van der Waals surface area contributed by atoms with Crippen LogP contribution in [0.1, 0.15) is 39.8 Å². The second-order valence-electron chi connectivity index (χ2n) is 7.63. The molecule has 0 N–H and O–H groups in total. The molecule has 0 atom stereocenters. The van der Waals surface area contributed by atoms with Crippen molar-refractivity contribution in [3.05, 3.63) is 98.3 Å². The maximum atomic E-state index is 13.1. The first-order valence-corrected chi connectivity index (χ1v) is 11.6. The lowest BCUT2D eigenvalue weighted by Crippen LogP contribution is -2.10. The minimum Gasteiger partial charge on any atom is -0.462 e. The molecule has 0 bridgehead atoms. The third-order valence-electron chi connectivity index (χ3n) is 5.02. The lowest BCUT2D eigenvalue weighted by molar-refractivity contribution is 0.0504. The van der Waals surface area contributed by atoms with Crippen LogP contribution in [-0.2, 0) is 4.74 Å². The Hall–Kier alpha value is -3.91. The van der Waals surface area contributed by atoms with Gasteiger partial charge in [0.05, 0.1) is 23.1 Å². The number of benzene rings is 3. The van der Waals surface area contributed by atoms with E-state index in [1.807, 2.05) is 6.92 Å². The van der Waals surface area contributed by atoms with Gasteiger partial charge in [-0.3, -0.25) is 4.79 Å². The Morgan fingerprint density at radius 2 is 1.51 bits per heavy atom. The van der Waals surface area contributed by atoms with Crippen molar-refractivity contribution in [2.45, 2.75) is 20.3 Å². The maximum Gasteiger partial charge on any atom is 0.343 e. The molecule has 4 rings (SSSR count). The van der Waals surface area contributed by atoms with E-state index in [0.717, 1.165) is 10.9 Å². The zero-order valence-corrected chi connectivity index (χ0v) is 20.6. The van der Waals surface area contributed by atoms with Gasteiger partial charge in [-0.05, 0) is 74.0 Å². The highest BCUT2D eigenvalue weighted by Crippen LogP contribution is 2.28. The second kappa shape index (κ2) is 10.6. The van der Waals surface area contributed by atoms with Gasteiger partial charge in [0.2, 0.25) is 11.2 Å². The quantitative estimate of drug-likeness (QED) is 0.198. The predicted octanol–water partition coefficient (Wildman–Crippen LogP) is 6.44. The Morgan fingerprint density at radius 3 is 2.20 bits per heavy atom. The van der Waals surface area contributed by atoms with E-state index in [4.69, 9.17) is 18.6 Å². The third kappa shape index (κ3) is 5.60. The topological polar surface area (TPSA) is 92.0 Å². The molecular formula is C27H21BrO7. The molecule has 0 saturated heterocycles. The van der Waals surface area contributed by atoms with E-state index in [0.29, 0.717) is 23.5 Å². The number of rotatable bonds is 7. The summed E-state index contributed by atoms with van der Waals surface area (Å²) in [6.45, 7) is 3.87. The summed E-state index contributed by atoms with van der Waals surface area (Å²) in [5.74, 6) is -0.0582. The Balaban J connectivity index is 1.54. The van der Waals surface area contributed by atoms with Crippen LogP contribution in [0.2, 0.25) is 0 Å². The van der Waals surface area contributed by atoms with Crippen LogP contribution in [0.15, 0.2) is 80.4 Å². The average Bonchev–Trinajstić information content (AvgIpc) is 2.85. The molecule has 0 aliphatic carbocycles. The number of carbonyl (C=O) groups excluding carboxylic acids is 2. The SMILES string of the molecule is CCCOC(=O)c1ccc(Oc2c(C)oc3cc(OC(=O)c4ccc(Br)cc4)ccc3c2=O)cc1. The van der Waals surface area contributed by atoms with Crippen molar-refractivity contribution < 1.29 is 28.2 Å². The standard InChI is InChI=1S/C27H21BrO7/c1-3-14-32-26(30)17-6-10-20(11-7-17)34-25-16(2)33-23-15-21(12-13-22(23)24(25)29)35-27(31)18-4-8-19(28)9-5-18/h4-13,15H,3,14H2,1-2H3. The number of hydrogen-bond donors (Lipinski definition) is 0. The molecule has 4 aromatic rings. The molecule has 7 nitrogen and oxygen atoms in total. The molecular weight excluding hydrogens is 516 g/mol. The lowest BCUT2D eigenvalue weighted by atomic mass is 10.2. The monoisotopic (exact) mass is 536 g/mol. The van der Waals surface area contributed by atoms with Crippen LogP contribution in [0.3, 0.4) is 0 Å². The zero-order chi connectivity index (χ0) is 24.9. The summed E-state index contributed by atoms with van der Waals surface area (Å²) in [4.78, 5) is 37.4. The molecule has 0 aliphatic rings. The van der Waals surface area contributed by atoms with Crippen LogP contribution >= 0.6 is 15.9 Å². The lowest BCUT2D eigenvalue weighted by Gasteiger charge is -2.10. The predicted molar refractivity (Wildman–Crippen MR) is 133 cm³/mol. The normalized spacial score (nSPS) is 10.7. The Bertz CT molecular complexity index is 1440. The summed E-state index contributed by atoms with van der Waals surface area (Å²) in [6.07, 6.45) is 0.735. The fourth-order valence-corrected chi connectivity index (χ4v) is 3.52. The van der Waals surface area contributed by atoms with Crippen LogP contribution in [-0.4, -0.2) is 18.5 Å². The largest absolute Gasteiger partial charge is 0.462 e. The minimum absolute atomic E-state index is 0.0263. The summed E-state index contributed by atoms with van der Waals surface area (Å²) < 4.78 is 23.0. The summed E-state index contributed by atoms with van der Waals surface area (Å²) in [6, 6.07) is 17.6. The zero-order valence-electron chi connectivity index (χ0n) is 19.0. The Kier molecular flexibility index (Phi) is 7.31. The molecule has 1 aromatic heterocycles. The second-order valence-corrected chi connectivity index (χ2v) is 8.55. The number of hydrogen-bond acceptors (Lipinski definition) is 7. The summed E-state index contributed by atoms with van der Waals surface area (Å²) in [7, 11) is 0. The molecule has 0 amide bonds. The van der Waals surface area contributed by atoms with Crippen molar-refractivity contribution in [2.24, 2.45) is 0 Å².